The summed E-state index contributed by atoms with van der Waals surface area (Å²) in [7, 11) is 0. The number of Topliss-reactive ketones (excluding diaryl/α,β-unsaturated/α-hetero) is 1. The van der Waals surface area contributed by atoms with E-state index in [2.05, 4.69) is 18.8 Å². The quantitative estimate of drug-likeness (QED) is 0.844. The van der Waals surface area contributed by atoms with E-state index < -0.39 is 0 Å². The highest BCUT2D eigenvalue weighted by Crippen LogP contribution is 2.42. The number of aryl methyl sites for hydroxylation is 1. The first-order chi connectivity index (χ1) is 8.20. The minimum absolute atomic E-state index is 0.0308. The number of carbonyl (C=O) groups is 1. The first-order valence-corrected chi connectivity index (χ1v) is 7.21. The smallest absolute Gasteiger partial charge is 0.145 e. The molecular formula is C14H21NO2S. The molecule has 2 heterocycles. The average Bonchev–Trinajstić information content (AvgIpc) is 2.67. The first-order valence-electron chi connectivity index (χ1n) is 6.33. The highest BCUT2D eigenvalue weighted by molar-refractivity contribution is 7.09. The number of rotatable bonds is 3. The van der Waals surface area contributed by atoms with E-state index in [1.54, 1.807) is 11.3 Å². The second-order valence-electron chi connectivity index (χ2n) is 6.25. The molecule has 0 aromatic carbocycles. The molecule has 0 spiro atoms. The van der Waals surface area contributed by atoms with Crippen LogP contribution in [0.4, 0.5) is 0 Å². The fraction of sp³-hybridized carbons (Fsp3) is 0.714. The summed E-state index contributed by atoms with van der Waals surface area (Å²) >= 11 is 1.56. The molecule has 1 unspecified atom stereocenters. The van der Waals surface area contributed by atoms with Crippen LogP contribution < -0.4 is 0 Å². The molecule has 0 bridgehead atoms. The van der Waals surface area contributed by atoms with E-state index in [0.717, 1.165) is 17.1 Å². The zero-order valence-corrected chi connectivity index (χ0v) is 12.6. The van der Waals surface area contributed by atoms with Gasteiger partial charge in [-0.1, -0.05) is 0 Å². The SMILES string of the molecule is Cc1csc(CC(=O)C2CC(C)(C)OC2(C)C)n1. The van der Waals surface area contributed by atoms with Crippen molar-refractivity contribution in [3.63, 3.8) is 0 Å². The minimum Gasteiger partial charge on any atom is -0.369 e. The van der Waals surface area contributed by atoms with Gasteiger partial charge in [0.2, 0.25) is 0 Å². The Bertz CT molecular complexity index is 462. The lowest BCUT2D eigenvalue weighted by Crippen LogP contribution is -2.34. The summed E-state index contributed by atoms with van der Waals surface area (Å²) < 4.78 is 5.97. The van der Waals surface area contributed by atoms with Crippen LogP contribution >= 0.6 is 11.3 Å². The normalized spacial score (nSPS) is 25.3. The van der Waals surface area contributed by atoms with E-state index >= 15 is 0 Å². The second-order valence-corrected chi connectivity index (χ2v) is 7.19. The summed E-state index contributed by atoms with van der Waals surface area (Å²) in [6, 6.07) is 0. The van der Waals surface area contributed by atoms with Crippen molar-refractivity contribution in [1.82, 2.24) is 4.98 Å². The summed E-state index contributed by atoms with van der Waals surface area (Å²) in [6.45, 7) is 10.1. The largest absolute Gasteiger partial charge is 0.369 e. The van der Waals surface area contributed by atoms with Gasteiger partial charge in [-0.2, -0.15) is 0 Å². The van der Waals surface area contributed by atoms with Crippen LogP contribution in [0.1, 0.15) is 44.8 Å². The molecule has 0 N–H and O–H groups in total. The van der Waals surface area contributed by atoms with Crippen molar-refractivity contribution in [3.8, 4) is 0 Å². The van der Waals surface area contributed by atoms with Crippen LogP contribution in [0.25, 0.3) is 0 Å². The van der Waals surface area contributed by atoms with Crippen LogP contribution in [0.2, 0.25) is 0 Å². The first kappa shape index (κ1) is 13.7. The lowest BCUT2D eigenvalue weighted by atomic mass is 9.83. The van der Waals surface area contributed by atoms with Crippen LogP contribution in [0.5, 0.6) is 0 Å². The maximum atomic E-state index is 12.4. The standard InChI is InChI=1S/C14H21NO2S/c1-9-8-18-12(15-9)6-11(16)10-7-13(2,3)17-14(10,4)5/h8,10H,6-7H2,1-5H3. The number of thiazole rings is 1. The van der Waals surface area contributed by atoms with E-state index in [1.165, 1.54) is 0 Å². The molecule has 1 fully saturated rings. The summed E-state index contributed by atoms with van der Waals surface area (Å²) in [6.07, 6.45) is 1.23. The van der Waals surface area contributed by atoms with Gasteiger partial charge in [0.05, 0.1) is 17.6 Å². The van der Waals surface area contributed by atoms with Gasteiger partial charge in [0.25, 0.3) is 0 Å². The van der Waals surface area contributed by atoms with Crippen LogP contribution in [-0.4, -0.2) is 22.0 Å². The van der Waals surface area contributed by atoms with Crippen molar-refractivity contribution in [2.24, 2.45) is 5.92 Å². The monoisotopic (exact) mass is 267 g/mol. The molecule has 0 radical (unpaired) electrons. The van der Waals surface area contributed by atoms with Crippen LogP contribution in [0.3, 0.4) is 0 Å². The zero-order chi connectivity index (χ0) is 13.6. The van der Waals surface area contributed by atoms with Gasteiger partial charge in [-0.05, 0) is 41.0 Å². The van der Waals surface area contributed by atoms with Crippen molar-refractivity contribution in [2.45, 2.75) is 58.7 Å². The topological polar surface area (TPSA) is 39.2 Å². The molecule has 1 saturated heterocycles. The third-order valence-corrected chi connectivity index (χ3v) is 4.42. The van der Waals surface area contributed by atoms with Gasteiger partial charge >= 0.3 is 0 Å². The predicted molar refractivity (Wildman–Crippen MR) is 72.9 cm³/mol. The van der Waals surface area contributed by atoms with Crippen LogP contribution in [0.15, 0.2) is 5.38 Å². The fourth-order valence-electron chi connectivity index (χ4n) is 2.82. The van der Waals surface area contributed by atoms with E-state index in [9.17, 15) is 4.79 Å². The minimum atomic E-state index is -0.368. The summed E-state index contributed by atoms with van der Waals surface area (Å²) in [4.78, 5) is 16.8. The van der Waals surface area contributed by atoms with Gasteiger partial charge in [-0.15, -0.1) is 11.3 Å². The van der Waals surface area contributed by atoms with Crippen molar-refractivity contribution in [3.05, 3.63) is 16.1 Å². The summed E-state index contributed by atoms with van der Waals surface area (Å²) in [5.74, 6) is 0.219. The zero-order valence-electron chi connectivity index (χ0n) is 11.7. The van der Waals surface area contributed by atoms with Crippen LogP contribution in [0, 0.1) is 12.8 Å². The maximum absolute atomic E-state index is 12.4. The molecule has 1 aromatic rings. The molecular weight excluding hydrogens is 246 g/mol. The number of aromatic nitrogens is 1. The molecule has 0 aliphatic carbocycles. The number of hydrogen-bond acceptors (Lipinski definition) is 4. The maximum Gasteiger partial charge on any atom is 0.145 e. The van der Waals surface area contributed by atoms with Crippen molar-refractivity contribution >= 4 is 17.1 Å². The van der Waals surface area contributed by atoms with Gasteiger partial charge in [0.15, 0.2) is 0 Å². The van der Waals surface area contributed by atoms with E-state index in [0.29, 0.717) is 6.42 Å². The van der Waals surface area contributed by atoms with Gasteiger partial charge in [-0.25, -0.2) is 4.98 Å². The lowest BCUT2D eigenvalue weighted by Gasteiger charge is -2.26. The van der Waals surface area contributed by atoms with E-state index in [1.807, 2.05) is 26.2 Å². The molecule has 2 rings (SSSR count). The number of ether oxygens (including phenoxy) is 1. The average molecular weight is 267 g/mol. The third-order valence-electron chi connectivity index (χ3n) is 3.45. The molecule has 0 saturated carbocycles. The van der Waals surface area contributed by atoms with Crippen molar-refractivity contribution in [2.75, 3.05) is 0 Å². The van der Waals surface area contributed by atoms with Crippen LogP contribution in [-0.2, 0) is 16.0 Å². The van der Waals surface area contributed by atoms with E-state index in [4.69, 9.17) is 4.74 Å². The Balaban J connectivity index is 2.10. The van der Waals surface area contributed by atoms with Gasteiger partial charge in [0.1, 0.15) is 10.8 Å². The Morgan fingerprint density at radius 1 is 1.50 bits per heavy atom. The molecule has 1 atom stereocenters. The summed E-state index contributed by atoms with van der Waals surface area (Å²) in [5.41, 5.74) is 0.417. The highest BCUT2D eigenvalue weighted by atomic mass is 32.1. The Kier molecular flexibility index (Phi) is 3.36. The molecule has 4 heteroatoms. The number of hydrogen-bond donors (Lipinski definition) is 0. The second kappa shape index (κ2) is 4.42. The Morgan fingerprint density at radius 3 is 2.61 bits per heavy atom. The number of ketones is 1. The van der Waals surface area contributed by atoms with Gasteiger partial charge < -0.3 is 4.74 Å². The van der Waals surface area contributed by atoms with Crippen molar-refractivity contribution < 1.29 is 9.53 Å². The van der Waals surface area contributed by atoms with Gasteiger partial charge in [0, 0.05) is 17.0 Å². The Labute approximate surface area is 113 Å². The number of carbonyl (C=O) groups excluding carboxylic acids is 1. The molecule has 1 aromatic heterocycles. The predicted octanol–water partition coefficient (Wildman–Crippen LogP) is 3.16. The Morgan fingerprint density at radius 2 is 2.17 bits per heavy atom. The van der Waals surface area contributed by atoms with E-state index in [-0.39, 0.29) is 22.9 Å². The van der Waals surface area contributed by atoms with Gasteiger partial charge in [-0.3, -0.25) is 4.79 Å². The Hall–Kier alpha value is -0.740. The molecule has 1 aliphatic rings. The summed E-state index contributed by atoms with van der Waals surface area (Å²) in [5, 5.41) is 2.90. The molecule has 1 aliphatic heterocycles. The van der Waals surface area contributed by atoms with Crippen molar-refractivity contribution in [1.29, 1.82) is 0 Å². The molecule has 100 valence electrons. The fourth-order valence-corrected chi connectivity index (χ4v) is 3.60. The third kappa shape index (κ3) is 2.81. The molecule has 0 amide bonds. The molecule has 3 nitrogen and oxygen atoms in total. The lowest BCUT2D eigenvalue weighted by molar-refractivity contribution is -0.128. The highest BCUT2D eigenvalue weighted by Gasteiger charge is 2.48. The number of nitrogens with zero attached hydrogens (tertiary/aromatic N) is 1. The molecule has 18 heavy (non-hydrogen) atoms.